The molecule has 0 radical (unpaired) electrons. The van der Waals surface area contributed by atoms with Crippen LogP contribution in [0.15, 0.2) is 46.9 Å². The van der Waals surface area contributed by atoms with Gasteiger partial charge in [0.1, 0.15) is 18.1 Å². The second-order valence-corrected chi connectivity index (χ2v) is 6.12. The largest absolute Gasteiger partial charge is 0.463 e. The topological polar surface area (TPSA) is 91.7 Å². The SMILES string of the molecule is Cc1ccc(C2(C)NC(=O)N(CC(=O)NCc3ccccc3)C2=O)o1. The number of hydrogen-bond donors (Lipinski definition) is 2. The van der Waals surface area contributed by atoms with Crippen molar-refractivity contribution < 1.29 is 18.8 Å². The van der Waals surface area contributed by atoms with Crippen LogP contribution in [0.4, 0.5) is 4.79 Å². The minimum absolute atomic E-state index is 0.331. The Labute approximate surface area is 145 Å². The number of rotatable bonds is 5. The van der Waals surface area contributed by atoms with E-state index in [0.29, 0.717) is 18.1 Å². The van der Waals surface area contributed by atoms with E-state index in [-0.39, 0.29) is 6.54 Å². The Morgan fingerprint density at radius 2 is 1.92 bits per heavy atom. The Hall–Kier alpha value is -3.09. The van der Waals surface area contributed by atoms with Gasteiger partial charge in [-0.3, -0.25) is 14.5 Å². The van der Waals surface area contributed by atoms with Crippen molar-refractivity contribution in [3.8, 4) is 0 Å². The highest BCUT2D eigenvalue weighted by Crippen LogP contribution is 2.29. The van der Waals surface area contributed by atoms with Crippen molar-refractivity contribution in [2.75, 3.05) is 6.54 Å². The van der Waals surface area contributed by atoms with Gasteiger partial charge in [0.15, 0.2) is 5.54 Å². The van der Waals surface area contributed by atoms with Crippen molar-refractivity contribution in [3.63, 3.8) is 0 Å². The number of carbonyl (C=O) groups excluding carboxylic acids is 3. The van der Waals surface area contributed by atoms with E-state index in [1.807, 2.05) is 30.3 Å². The number of nitrogens with one attached hydrogen (secondary N) is 2. The molecule has 130 valence electrons. The minimum Gasteiger partial charge on any atom is -0.463 e. The first-order chi connectivity index (χ1) is 11.9. The molecular weight excluding hydrogens is 322 g/mol. The summed E-state index contributed by atoms with van der Waals surface area (Å²) in [5.41, 5.74) is -0.366. The first-order valence-corrected chi connectivity index (χ1v) is 7.92. The second-order valence-electron chi connectivity index (χ2n) is 6.12. The van der Waals surface area contributed by atoms with Crippen LogP contribution in [0.1, 0.15) is 24.0 Å². The van der Waals surface area contributed by atoms with Crippen molar-refractivity contribution in [3.05, 3.63) is 59.5 Å². The third-order valence-electron chi connectivity index (χ3n) is 4.14. The third-order valence-corrected chi connectivity index (χ3v) is 4.14. The predicted molar refractivity (Wildman–Crippen MR) is 89.3 cm³/mol. The Morgan fingerprint density at radius 3 is 2.56 bits per heavy atom. The average Bonchev–Trinajstić information content (AvgIpc) is 3.12. The van der Waals surface area contributed by atoms with Crippen LogP contribution in [-0.4, -0.2) is 29.3 Å². The van der Waals surface area contributed by atoms with Gasteiger partial charge in [0.25, 0.3) is 5.91 Å². The molecule has 0 spiro atoms. The first-order valence-electron chi connectivity index (χ1n) is 7.92. The van der Waals surface area contributed by atoms with Gasteiger partial charge in [0.2, 0.25) is 5.91 Å². The molecule has 7 nitrogen and oxygen atoms in total. The number of benzene rings is 1. The highest BCUT2D eigenvalue weighted by atomic mass is 16.3. The zero-order valence-electron chi connectivity index (χ0n) is 14.0. The molecule has 1 atom stereocenters. The molecule has 0 saturated carbocycles. The minimum atomic E-state index is -1.30. The zero-order valence-corrected chi connectivity index (χ0v) is 14.0. The normalized spacial score (nSPS) is 19.8. The molecule has 2 heterocycles. The summed E-state index contributed by atoms with van der Waals surface area (Å²) in [5, 5.41) is 5.30. The summed E-state index contributed by atoms with van der Waals surface area (Å²) < 4.78 is 5.49. The monoisotopic (exact) mass is 341 g/mol. The van der Waals surface area contributed by atoms with Crippen LogP contribution in [0, 0.1) is 6.92 Å². The lowest BCUT2D eigenvalue weighted by Gasteiger charge is -2.19. The van der Waals surface area contributed by atoms with Gasteiger partial charge >= 0.3 is 6.03 Å². The Bertz CT molecular complexity index is 815. The van der Waals surface area contributed by atoms with Crippen LogP contribution in [0.5, 0.6) is 0 Å². The summed E-state index contributed by atoms with van der Waals surface area (Å²) in [6, 6.07) is 12.1. The molecule has 3 rings (SSSR count). The fourth-order valence-corrected chi connectivity index (χ4v) is 2.71. The highest BCUT2D eigenvalue weighted by molar-refractivity contribution is 6.08. The van der Waals surface area contributed by atoms with Gasteiger partial charge in [0.05, 0.1) is 0 Å². The van der Waals surface area contributed by atoms with Crippen LogP contribution in [0.2, 0.25) is 0 Å². The number of furan rings is 1. The van der Waals surface area contributed by atoms with Gasteiger partial charge in [-0.15, -0.1) is 0 Å². The standard InChI is InChI=1S/C18H19N3O4/c1-12-8-9-14(25-12)18(2)16(23)21(17(24)20-18)11-15(22)19-10-13-6-4-3-5-7-13/h3-9H,10-11H2,1-2H3,(H,19,22)(H,20,24). The van der Waals surface area contributed by atoms with Crippen molar-refractivity contribution in [2.24, 2.45) is 0 Å². The molecule has 1 saturated heterocycles. The van der Waals surface area contributed by atoms with E-state index in [0.717, 1.165) is 10.5 Å². The summed E-state index contributed by atoms with van der Waals surface area (Å²) in [4.78, 5) is 37.8. The summed E-state index contributed by atoms with van der Waals surface area (Å²) in [6.07, 6.45) is 0. The maximum Gasteiger partial charge on any atom is 0.325 e. The smallest absolute Gasteiger partial charge is 0.325 e. The van der Waals surface area contributed by atoms with Gasteiger partial charge in [-0.25, -0.2) is 4.79 Å². The van der Waals surface area contributed by atoms with E-state index in [2.05, 4.69) is 10.6 Å². The van der Waals surface area contributed by atoms with E-state index in [1.165, 1.54) is 0 Å². The molecule has 25 heavy (non-hydrogen) atoms. The lowest BCUT2D eigenvalue weighted by atomic mass is 9.99. The maximum atomic E-state index is 12.7. The molecule has 1 aliphatic rings. The molecule has 1 aromatic heterocycles. The van der Waals surface area contributed by atoms with Gasteiger partial charge in [-0.05, 0) is 31.5 Å². The highest BCUT2D eigenvalue weighted by Gasteiger charge is 2.51. The summed E-state index contributed by atoms with van der Waals surface area (Å²) in [6.45, 7) is 3.31. The molecule has 2 N–H and O–H groups in total. The zero-order chi connectivity index (χ0) is 18.0. The number of imide groups is 1. The third kappa shape index (κ3) is 3.26. The van der Waals surface area contributed by atoms with E-state index in [4.69, 9.17) is 4.42 Å². The number of carbonyl (C=O) groups is 3. The summed E-state index contributed by atoms with van der Waals surface area (Å²) in [7, 11) is 0. The quantitative estimate of drug-likeness (QED) is 0.809. The number of nitrogens with zero attached hydrogens (tertiary/aromatic N) is 1. The molecular formula is C18H19N3O4. The Morgan fingerprint density at radius 1 is 1.20 bits per heavy atom. The first kappa shape index (κ1) is 16.8. The second kappa shape index (κ2) is 6.43. The lowest BCUT2D eigenvalue weighted by molar-refractivity contribution is -0.135. The molecule has 1 aromatic carbocycles. The Kier molecular flexibility index (Phi) is 4.31. The van der Waals surface area contributed by atoms with Gasteiger partial charge in [0, 0.05) is 6.54 Å². The van der Waals surface area contributed by atoms with Crippen molar-refractivity contribution in [1.82, 2.24) is 15.5 Å². The van der Waals surface area contributed by atoms with Gasteiger partial charge < -0.3 is 15.1 Å². The predicted octanol–water partition coefficient (Wildman–Crippen LogP) is 1.67. The van der Waals surface area contributed by atoms with Crippen molar-refractivity contribution >= 4 is 17.8 Å². The fraction of sp³-hybridized carbons (Fsp3) is 0.278. The van der Waals surface area contributed by atoms with Gasteiger partial charge in [-0.1, -0.05) is 30.3 Å². The van der Waals surface area contributed by atoms with Crippen LogP contribution in [0.3, 0.4) is 0 Å². The average molecular weight is 341 g/mol. The van der Waals surface area contributed by atoms with Crippen LogP contribution in [-0.2, 0) is 21.7 Å². The maximum absolute atomic E-state index is 12.7. The van der Waals surface area contributed by atoms with Crippen LogP contribution in [0.25, 0.3) is 0 Å². The molecule has 4 amide bonds. The van der Waals surface area contributed by atoms with E-state index in [9.17, 15) is 14.4 Å². The number of hydrogen-bond acceptors (Lipinski definition) is 4. The molecule has 0 bridgehead atoms. The summed E-state index contributed by atoms with van der Waals surface area (Å²) >= 11 is 0. The number of urea groups is 1. The number of aryl methyl sites for hydroxylation is 1. The van der Waals surface area contributed by atoms with Gasteiger partial charge in [-0.2, -0.15) is 0 Å². The number of amides is 4. The molecule has 0 aliphatic carbocycles. The van der Waals surface area contributed by atoms with E-state index < -0.39 is 23.4 Å². The molecule has 1 aliphatic heterocycles. The van der Waals surface area contributed by atoms with E-state index >= 15 is 0 Å². The van der Waals surface area contributed by atoms with Crippen LogP contribution < -0.4 is 10.6 Å². The molecule has 7 heteroatoms. The molecule has 1 fully saturated rings. The molecule has 2 aromatic rings. The van der Waals surface area contributed by atoms with Crippen molar-refractivity contribution in [1.29, 1.82) is 0 Å². The van der Waals surface area contributed by atoms with Crippen molar-refractivity contribution in [2.45, 2.75) is 25.9 Å². The fourth-order valence-electron chi connectivity index (χ4n) is 2.71. The lowest BCUT2D eigenvalue weighted by Crippen LogP contribution is -2.43. The Balaban J connectivity index is 1.65. The van der Waals surface area contributed by atoms with E-state index in [1.54, 1.807) is 26.0 Å². The van der Waals surface area contributed by atoms with Crippen LogP contribution >= 0.6 is 0 Å². The summed E-state index contributed by atoms with van der Waals surface area (Å²) in [5.74, 6) is 0.0572. The molecule has 1 unspecified atom stereocenters.